The fraction of sp³-hybridized carbons (Fsp3) is 0.389. The summed E-state index contributed by atoms with van der Waals surface area (Å²) in [7, 11) is 0. The number of hydrogen-bond acceptors (Lipinski definition) is 6. The maximum absolute atomic E-state index is 13.5. The molecule has 1 saturated heterocycles. The van der Waals surface area contributed by atoms with Crippen LogP contribution < -0.4 is 4.90 Å². The van der Waals surface area contributed by atoms with Gasteiger partial charge in [0.25, 0.3) is 0 Å². The van der Waals surface area contributed by atoms with Crippen LogP contribution in [0, 0.1) is 11.6 Å². The van der Waals surface area contributed by atoms with Crippen LogP contribution in [-0.4, -0.2) is 62.2 Å². The number of hydrogen-bond donors (Lipinski definition) is 2. The summed E-state index contributed by atoms with van der Waals surface area (Å²) in [6.45, 7) is 2.64. The Morgan fingerprint density at radius 2 is 2.04 bits per heavy atom. The summed E-state index contributed by atoms with van der Waals surface area (Å²) < 4.78 is 26.7. The number of halogens is 2. The predicted octanol–water partition coefficient (Wildman–Crippen LogP) is 1.70. The third-order valence-corrected chi connectivity index (χ3v) is 4.94. The van der Waals surface area contributed by atoms with Crippen LogP contribution in [0.25, 0.3) is 11.2 Å². The van der Waals surface area contributed by atoms with Crippen molar-refractivity contribution in [3.8, 4) is 0 Å². The minimum absolute atomic E-state index is 0.0516. The van der Waals surface area contributed by atoms with E-state index in [0.29, 0.717) is 37.3 Å². The molecule has 1 aliphatic rings. The SMILES string of the molecule is OCC[C@@H]1CN(c2ncnc3nc[nH]c23)CCN1Cc1ccc(F)c(F)c1. The van der Waals surface area contributed by atoms with E-state index >= 15 is 0 Å². The van der Waals surface area contributed by atoms with Crippen LogP contribution in [0.3, 0.4) is 0 Å². The molecule has 3 heterocycles. The highest BCUT2D eigenvalue weighted by atomic mass is 19.2. The quantitative estimate of drug-likeness (QED) is 0.708. The minimum Gasteiger partial charge on any atom is -0.396 e. The molecular formula is C18H20F2N6O. The Morgan fingerprint density at radius 1 is 1.15 bits per heavy atom. The second-order valence-electron chi connectivity index (χ2n) is 6.63. The minimum atomic E-state index is -0.845. The van der Waals surface area contributed by atoms with Crippen molar-refractivity contribution in [2.24, 2.45) is 0 Å². The molecule has 0 aliphatic carbocycles. The van der Waals surface area contributed by atoms with Crippen molar-refractivity contribution in [1.82, 2.24) is 24.8 Å². The maximum Gasteiger partial charge on any atom is 0.182 e. The van der Waals surface area contributed by atoms with Gasteiger partial charge in [0.1, 0.15) is 11.8 Å². The van der Waals surface area contributed by atoms with Gasteiger partial charge >= 0.3 is 0 Å². The first kappa shape index (κ1) is 17.7. The summed E-state index contributed by atoms with van der Waals surface area (Å²) in [6.07, 6.45) is 3.66. The monoisotopic (exact) mass is 374 g/mol. The van der Waals surface area contributed by atoms with Crippen molar-refractivity contribution >= 4 is 17.0 Å². The molecule has 4 rings (SSSR count). The number of aliphatic hydroxyl groups excluding tert-OH is 1. The highest BCUT2D eigenvalue weighted by Crippen LogP contribution is 2.25. The molecule has 0 amide bonds. The second kappa shape index (κ2) is 7.53. The Hall–Kier alpha value is -2.65. The van der Waals surface area contributed by atoms with E-state index in [1.165, 1.54) is 12.4 Å². The van der Waals surface area contributed by atoms with Crippen LogP contribution in [0.4, 0.5) is 14.6 Å². The average Bonchev–Trinajstić information content (AvgIpc) is 3.15. The molecule has 3 aromatic rings. The summed E-state index contributed by atoms with van der Waals surface area (Å²) in [6, 6.07) is 4.04. The fourth-order valence-corrected chi connectivity index (χ4v) is 3.58. The highest BCUT2D eigenvalue weighted by Gasteiger charge is 2.28. The standard InChI is InChI=1S/C18H20F2N6O/c19-14-2-1-12(7-15(14)20)8-25-4-5-26(9-13(25)3-6-27)18-16-17(22-10-21-16)23-11-24-18/h1-2,7,10-11,13,27H,3-6,8-9H2,(H,21,22,23,24)/t13-/m1/s1. The molecule has 1 aliphatic heterocycles. The summed E-state index contributed by atoms with van der Waals surface area (Å²) in [5, 5.41) is 9.48. The number of nitrogens with one attached hydrogen (secondary N) is 1. The number of fused-ring (bicyclic) bond motifs is 1. The lowest BCUT2D eigenvalue weighted by Gasteiger charge is -2.42. The molecule has 9 heteroatoms. The molecule has 0 bridgehead atoms. The van der Waals surface area contributed by atoms with E-state index in [2.05, 4.69) is 29.7 Å². The highest BCUT2D eigenvalue weighted by molar-refractivity contribution is 5.82. The number of rotatable bonds is 5. The number of aromatic nitrogens is 4. The van der Waals surface area contributed by atoms with Crippen LogP contribution in [0.15, 0.2) is 30.9 Å². The molecule has 27 heavy (non-hydrogen) atoms. The Morgan fingerprint density at radius 3 is 2.85 bits per heavy atom. The lowest BCUT2D eigenvalue weighted by atomic mass is 10.1. The van der Waals surface area contributed by atoms with Crippen molar-refractivity contribution in [2.75, 3.05) is 31.1 Å². The Balaban J connectivity index is 1.53. The molecule has 2 aromatic heterocycles. The van der Waals surface area contributed by atoms with Crippen molar-refractivity contribution < 1.29 is 13.9 Å². The maximum atomic E-state index is 13.5. The molecule has 1 aromatic carbocycles. The zero-order valence-electron chi connectivity index (χ0n) is 14.6. The first-order valence-electron chi connectivity index (χ1n) is 8.83. The Bertz CT molecular complexity index is 933. The van der Waals surface area contributed by atoms with E-state index in [0.717, 1.165) is 23.9 Å². The molecule has 1 fully saturated rings. The van der Waals surface area contributed by atoms with Gasteiger partial charge in [0.15, 0.2) is 23.1 Å². The van der Waals surface area contributed by atoms with Crippen LogP contribution in [0.1, 0.15) is 12.0 Å². The van der Waals surface area contributed by atoms with Crippen LogP contribution in [0.2, 0.25) is 0 Å². The van der Waals surface area contributed by atoms with Crippen LogP contribution in [-0.2, 0) is 6.54 Å². The number of aromatic amines is 1. The van der Waals surface area contributed by atoms with Gasteiger partial charge in [-0.2, -0.15) is 0 Å². The number of nitrogens with zero attached hydrogens (tertiary/aromatic N) is 5. The first-order chi connectivity index (χ1) is 13.2. The van der Waals surface area contributed by atoms with E-state index in [-0.39, 0.29) is 12.6 Å². The Kier molecular flexibility index (Phi) is 4.95. The van der Waals surface area contributed by atoms with Gasteiger partial charge in [-0.15, -0.1) is 0 Å². The van der Waals surface area contributed by atoms with Gasteiger partial charge in [-0.05, 0) is 24.1 Å². The lowest BCUT2D eigenvalue weighted by molar-refractivity contribution is 0.135. The predicted molar refractivity (Wildman–Crippen MR) is 96.2 cm³/mol. The summed E-state index contributed by atoms with van der Waals surface area (Å²) in [5.41, 5.74) is 2.11. The summed E-state index contributed by atoms with van der Waals surface area (Å²) in [4.78, 5) is 20.1. The van der Waals surface area contributed by atoms with Gasteiger partial charge in [-0.1, -0.05) is 6.07 Å². The average molecular weight is 374 g/mol. The number of imidazole rings is 1. The van der Waals surface area contributed by atoms with Crippen LogP contribution >= 0.6 is 0 Å². The number of anilines is 1. The van der Waals surface area contributed by atoms with Crippen LogP contribution in [0.5, 0.6) is 0 Å². The molecule has 0 radical (unpaired) electrons. The molecule has 2 N–H and O–H groups in total. The van der Waals surface area contributed by atoms with Gasteiger partial charge in [0.05, 0.1) is 6.33 Å². The first-order valence-corrected chi connectivity index (χ1v) is 8.83. The zero-order chi connectivity index (χ0) is 18.8. The normalized spacial score (nSPS) is 18.3. The van der Waals surface area contributed by atoms with E-state index in [1.54, 1.807) is 12.4 Å². The number of aliphatic hydroxyl groups is 1. The molecular weight excluding hydrogens is 354 g/mol. The third-order valence-electron chi connectivity index (χ3n) is 4.94. The fourth-order valence-electron chi connectivity index (χ4n) is 3.58. The smallest absolute Gasteiger partial charge is 0.182 e. The number of piperazine rings is 1. The van der Waals surface area contributed by atoms with E-state index in [4.69, 9.17) is 0 Å². The topological polar surface area (TPSA) is 81.2 Å². The van der Waals surface area contributed by atoms with Gasteiger partial charge < -0.3 is 15.0 Å². The van der Waals surface area contributed by atoms with E-state index in [1.807, 2.05) is 0 Å². The molecule has 1 atom stereocenters. The molecule has 7 nitrogen and oxygen atoms in total. The summed E-state index contributed by atoms with van der Waals surface area (Å²) >= 11 is 0. The largest absolute Gasteiger partial charge is 0.396 e. The molecule has 142 valence electrons. The van der Waals surface area contributed by atoms with Crippen molar-refractivity contribution in [2.45, 2.75) is 19.0 Å². The van der Waals surface area contributed by atoms with Gasteiger partial charge in [-0.3, -0.25) is 4.90 Å². The van der Waals surface area contributed by atoms with Gasteiger partial charge in [-0.25, -0.2) is 23.7 Å². The zero-order valence-corrected chi connectivity index (χ0v) is 14.6. The van der Waals surface area contributed by atoms with Crippen molar-refractivity contribution in [3.05, 3.63) is 48.1 Å². The molecule has 0 unspecified atom stereocenters. The number of benzene rings is 1. The lowest BCUT2D eigenvalue weighted by Crippen LogP contribution is -2.53. The number of H-pyrrole nitrogens is 1. The van der Waals surface area contributed by atoms with E-state index < -0.39 is 11.6 Å². The van der Waals surface area contributed by atoms with Crippen molar-refractivity contribution in [3.63, 3.8) is 0 Å². The molecule has 0 spiro atoms. The Labute approximate surface area is 154 Å². The summed E-state index contributed by atoms with van der Waals surface area (Å²) in [5.74, 6) is -0.900. The third kappa shape index (κ3) is 3.60. The van der Waals surface area contributed by atoms with Crippen molar-refractivity contribution in [1.29, 1.82) is 0 Å². The van der Waals surface area contributed by atoms with Gasteiger partial charge in [0.2, 0.25) is 0 Å². The molecule has 0 saturated carbocycles. The van der Waals surface area contributed by atoms with E-state index in [9.17, 15) is 13.9 Å². The second-order valence-corrected chi connectivity index (χ2v) is 6.63. The van der Waals surface area contributed by atoms with Gasteiger partial charge in [0, 0.05) is 38.8 Å².